The van der Waals surface area contributed by atoms with Crippen LogP contribution in [0.3, 0.4) is 0 Å². The molecule has 2 heterocycles. The molecule has 4 aromatic rings. The van der Waals surface area contributed by atoms with Crippen LogP contribution in [0.2, 0.25) is 0 Å². The van der Waals surface area contributed by atoms with Gasteiger partial charge in [0.1, 0.15) is 6.04 Å². The molecule has 36 heavy (non-hydrogen) atoms. The summed E-state index contributed by atoms with van der Waals surface area (Å²) in [6.45, 7) is 5.78. The maximum Gasteiger partial charge on any atom is 0.410 e. The highest BCUT2D eigenvalue weighted by Gasteiger charge is 2.33. The molecule has 4 rings (SSSR count). The number of carboxylic acid groups (broad SMARTS) is 1. The van der Waals surface area contributed by atoms with Crippen LogP contribution in [-0.2, 0) is 16.1 Å². The van der Waals surface area contributed by atoms with Gasteiger partial charge in [-0.1, -0.05) is 57.2 Å². The molecule has 0 unspecified atom stereocenters. The molecule has 0 saturated heterocycles. The fourth-order valence-corrected chi connectivity index (χ4v) is 4.12. The van der Waals surface area contributed by atoms with E-state index in [0.717, 1.165) is 33.3 Å². The second-order valence-electron chi connectivity index (χ2n) is 8.77. The topological polar surface area (TPSA) is 134 Å². The number of hydrogen-bond donors (Lipinski definition) is 2. The van der Waals surface area contributed by atoms with Crippen molar-refractivity contribution in [3.05, 3.63) is 60.2 Å². The first-order valence-electron chi connectivity index (χ1n) is 11.8. The normalized spacial score (nSPS) is 12.0. The van der Waals surface area contributed by atoms with E-state index in [1.165, 1.54) is 4.90 Å². The molecule has 0 aliphatic heterocycles. The van der Waals surface area contributed by atoms with Crippen LogP contribution in [0.25, 0.3) is 33.5 Å². The molecule has 0 aliphatic carbocycles. The van der Waals surface area contributed by atoms with Crippen LogP contribution in [0, 0.1) is 5.92 Å². The van der Waals surface area contributed by atoms with Crippen molar-refractivity contribution in [1.82, 2.24) is 30.5 Å². The summed E-state index contributed by atoms with van der Waals surface area (Å²) in [6.07, 6.45) is 0.0170. The highest BCUT2D eigenvalue weighted by Crippen LogP contribution is 2.30. The van der Waals surface area contributed by atoms with Crippen molar-refractivity contribution in [2.75, 3.05) is 6.61 Å². The molecule has 0 saturated carbocycles. The standard InChI is InChI=1S/C26H28N6O4/c1-4-13-36-26(35)32(23(16(2)3)25(33)34)15-17-9-11-21-18(14-17)10-12-22(27-21)19-7-5-6-8-20(19)24-28-30-31-29-24/h5-12,14,16,23H,4,13,15H2,1-3H3,(H,33,34)(H,28,29,30,31)/t23-/m0/s1. The quantitative estimate of drug-likeness (QED) is 0.351. The van der Waals surface area contributed by atoms with E-state index in [2.05, 4.69) is 20.6 Å². The molecule has 2 aromatic heterocycles. The average molecular weight is 489 g/mol. The Kier molecular flexibility index (Phi) is 7.53. The summed E-state index contributed by atoms with van der Waals surface area (Å²) in [6, 6.07) is 16.2. The van der Waals surface area contributed by atoms with E-state index in [4.69, 9.17) is 9.72 Å². The lowest BCUT2D eigenvalue weighted by atomic mass is 10.0. The highest BCUT2D eigenvalue weighted by molar-refractivity contribution is 5.86. The third kappa shape index (κ3) is 5.32. The van der Waals surface area contributed by atoms with Gasteiger partial charge in [0.15, 0.2) is 0 Å². The first-order valence-corrected chi connectivity index (χ1v) is 11.8. The molecule has 0 fully saturated rings. The number of nitrogens with one attached hydrogen (secondary N) is 1. The van der Waals surface area contributed by atoms with Crippen molar-refractivity contribution in [3.63, 3.8) is 0 Å². The van der Waals surface area contributed by atoms with Crippen molar-refractivity contribution in [1.29, 1.82) is 0 Å². The number of benzene rings is 2. The Bertz CT molecular complexity index is 1360. The van der Waals surface area contributed by atoms with Gasteiger partial charge in [-0.15, -0.1) is 10.2 Å². The zero-order valence-electron chi connectivity index (χ0n) is 20.4. The van der Waals surface area contributed by atoms with Crippen molar-refractivity contribution in [2.24, 2.45) is 5.92 Å². The molecule has 2 N–H and O–H groups in total. The van der Waals surface area contributed by atoms with Crippen LogP contribution >= 0.6 is 0 Å². The number of carboxylic acids is 1. The van der Waals surface area contributed by atoms with Gasteiger partial charge >= 0.3 is 12.1 Å². The monoisotopic (exact) mass is 488 g/mol. The summed E-state index contributed by atoms with van der Waals surface area (Å²) in [5, 5.41) is 25.0. The summed E-state index contributed by atoms with van der Waals surface area (Å²) in [7, 11) is 0. The number of carbonyl (C=O) groups is 2. The summed E-state index contributed by atoms with van der Waals surface area (Å²) < 4.78 is 5.30. The van der Waals surface area contributed by atoms with Crippen molar-refractivity contribution in [3.8, 4) is 22.6 Å². The summed E-state index contributed by atoms with van der Waals surface area (Å²) in [4.78, 5) is 30.8. The third-order valence-corrected chi connectivity index (χ3v) is 5.78. The highest BCUT2D eigenvalue weighted by atomic mass is 16.6. The van der Waals surface area contributed by atoms with Crippen molar-refractivity contribution >= 4 is 23.0 Å². The summed E-state index contributed by atoms with van der Waals surface area (Å²) >= 11 is 0. The van der Waals surface area contributed by atoms with Crippen molar-refractivity contribution < 1.29 is 19.4 Å². The van der Waals surface area contributed by atoms with E-state index >= 15 is 0 Å². The number of amides is 1. The van der Waals surface area contributed by atoms with E-state index in [0.29, 0.717) is 12.2 Å². The first-order chi connectivity index (χ1) is 17.4. The second-order valence-corrected chi connectivity index (χ2v) is 8.77. The Morgan fingerprint density at radius 2 is 1.86 bits per heavy atom. The van der Waals surface area contributed by atoms with E-state index in [1.54, 1.807) is 13.8 Å². The van der Waals surface area contributed by atoms with Gasteiger partial charge in [-0.05, 0) is 41.3 Å². The van der Waals surface area contributed by atoms with Gasteiger partial charge in [0, 0.05) is 23.1 Å². The van der Waals surface area contributed by atoms with E-state index in [1.807, 2.05) is 61.5 Å². The largest absolute Gasteiger partial charge is 0.480 e. The van der Waals surface area contributed by atoms with Gasteiger partial charge in [-0.2, -0.15) is 5.21 Å². The number of H-pyrrole nitrogens is 1. The predicted molar refractivity (Wildman–Crippen MR) is 134 cm³/mol. The Morgan fingerprint density at radius 1 is 1.08 bits per heavy atom. The number of aliphatic carboxylic acids is 1. The molecular weight excluding hydrogens is 460 g/mol. The molecule has 2 aromatic carbocycles. The number of pyridine rings is 1. The third-order valence-electron chi connectivity index (χ3n) is 5.78. The van der Waals surface area contributed by atoms with Gasteiger partial charge in [0.05, 0.1) is 17.8 Å². The average Bonchev–Trinajstić information content (AvgIpc) is 3.41. The number of hydrogen-bond acceptors (Lipinski definition) is 7. The Balaban J connectivity index is 1.65. The summed E-state index contributed by atoms with van der Waals surface area (Å²) in [5.74, 6) is -0.873. The minimum atomic E-state index is -1.06. The van der Waals surface area contributed by atoms with Gasteiger partial charge in [-0.3, -0.25) is 4.90 Å². The lowest BCUT2D eigenvalue weighted by molar-refractivity contribution is -0.144. The zero-order valence-corrected chi connectivity index (χ0v) is 20.4. The fraction of sp³-hybridized carbons (Fsp3) is 0.308. The fourth-order valence-electron chi connectivity index (χ4n) is 4.12. The predicted octanol–water partition coefficient (Wildman–Crippen LogP) is 4.54. The number of carbonyl (C=O) groups excluding carboxylic acids is 1. The Morgan fingerprint density at radius 3 is 2.53 bits per heavy atom. The minimum Gasteiger partial charge on any atom is -0.480 e. The van der Waals surface area contributed by atoms with E-state index in [9.17, 15) is 14.7 Å². The SMILES string of the molecule is CCCOC(=O)N(Cc1ccc2nc(-c3ccccc3-c3nn[nH]n3)ccc2c1)[C@H](C(=O)O)C(C)C. The first kappa shape index (κ1) is 24.8. The Hall–Kier alpha value is -4.34. The van der Waals surface area contributed by atoms with Gasteiger partial charge < -0.3 is 9.84 Å². The lowest BCUT2D eigenvalue weighted by Gasteiger charge is -2.30. The molecule has 10 heteroatoms. The van der Waals surface area contributed by atoms with Crippen LogP contribution in [-0.4, -0.2) is 60.3 Å². The van der Waals surface area contributed by atoms with Crippen molar-refractivity contribution in [2.45, 2.75) is 39.8 Å². The number of aromatic amines is 1. The lowest BCUT2D eigenvalue weighted by Crippen LogP contribution is -2.47. The second kappa shape index (κ2) is 10.9. The number of ether oxygens (including phenoxy) is 1. The van der Waals surface area contributed by atoms with Gasteiger partial charge in [0.25, 0.3) is 0 Å². The number of rotatable bonds is 9. The van der Waals surface area contributed by atoms with Gasteiger partial charge in [0.2, 0.25) is 5.82 Å². The Labute approximate surface area is 208 Å². The maximum atomic E-state index is 12.8. The maximum absolute atomic E-state index is 12.8. The van der Waals surface area contributed by atoms with E-state index in [-0.39, 0.29) is 19.1 Å². The molecular formula is C26H28N6O4. The van der Waals surface area contributed by atoms with Crippen LogP contribution in [0.1, 0.15) is 32.8 Å². The summed E-state index contributed by atoms with van der Waals surface area (Å²) in [5.41, 5.74) is 3.98. The number of fused-ring (bicyclic) bond motifs is 1. The number of nitrogens with zero attached hydrogens (tertiary/aromatic N) is 5. The van der Waals surface area contributed by atoms with Crippen LogP contribution in [0.5, 0.6) is 0 Å². The minimum absolute atomic E-state index is 0.107. The van der Waals surface area contributed by atoms with E-state index < -0.39 is 18.1 Å². The molecule has 0 bridgehead atoms. The number of tetrazole rings is 1. The van der Waals surface area contributed by atoms with Crippen LogP contribution in [0.4, 0.5) is 4.79 Å². The van der Waals surface area contributed by atoms with Crippen LogP contribution < -0.4 is 0 Å². The molecule has 1 atom stereocenters. The number of aromatic nitrogens is 5. The van der Waals surface area contributed by atoms with Gasteiger partial charge in [-0.25, -0.2) is 14.6 Å². The molecule has 0 aliphatic rings. The molecule has 1 amide bonds. The molecule has 10 nitrogen and oxygen atoms in total. The molecule has 0 radical (unpaired) electrons. The smallest absolute Gasteiger partial charge is 0.410 e. The zero-order chi connectivity index (χ0) is 25.7. The molecule has 0 spiro atoms. The van der Waals surface area contributed by atoms with Crippen LogP contribution in [0.15, 0.2) is 54.6 Å². The molecule has 186 valence electrons.